The Hall–Kier alpha value is -2.06. The maximum absolute atomic E-state index is 13.0. The van der Waals surface area contributed by atoms with Gasteiger partial charge < -0.3 is 19.8 Å². The van der Waals surface area contributed by atoms with Crippen molar-refractivity contribution in [3.63, 3.8) is 0 Å². The summed E-state index contributed by atoms with van der Waals surface area (Å²) in [4.78, 5) is 23.3. The Labute approximate surface area is 472 Å². The van der Waals surface area contributed by atoms with Crippen molar-refractivity contribution in [3.05, 3.63) is 72.9 Å². The van der Waals surface area contributed by atoms with Gasteiger partial charge in [0.25, 0.3) is 0 Å². The van der Waals surface area contributed by atoms with Gasteiger partial charge in [0.05, 0.1) is 39.9 Å². The number of phosphoric acid groups is 1. The van der Waals surface area contributed by atoms with E-state index in [4.69, 9.17) is 9.05 Å². The first-order chi connectivity index (χ1) is 37.0. The Morgan fingerprint density at radius 2 is 0.763 bits per heavy atom. The molecule has 0 aromatic carbocycles. The summed E-state index contributed by atoms with van der Waals surface area (Å²) in [5.74, 6) is -0.188. The molecule has 0 radical (unpaired) electrons. The van der Waals surface area contributed by atoms with E-state index in [0.717, 1.165) is 57.8 Å². The van der Waals surface area contributed by atoms with Crippen LogP contribution in [-0.2, 0) is 18.4 Å². The number of amides is 1. The highest BCUT2D eigenvalue weighted by Crippen LogP contribution is 2.43. The van der Waals surface area contributed by atoms with Crippen LogP contribution in [0.25, 0.3) is 0 Å². The predicted molar refractivity (Wildman–Crippen MR) is 332 cm³/mol. The highest BCUT2D eigenvalue weighted by Gasteiger charge is 2.27. The average Bonchev–Trinajstić information content (AvgIpc) is 3.38. The van der Waals surface area contributed by atoms with Gasteiger partial charge in [-0.3, -0.25) is 13.8 Å². The average molecular weight is 1090 g/mol. The molecule has 1 amide bonds. The number of likely N-dealkylation sites (N-methyl/N-ethyl adjacent to an activating group) is 1. The van der Waals surface area contributed by atoms with Gasteiger partial charge in [-0.25, -0.2) is 4.57 Å². The van der Waals surface area contributed by atoms with E-state index in [2.05, 4.69) is 79.9 Å². The molecular formula is C67H126N2O6P+. The van der Waals surface area contributed by atoms with Gasteiger partial charge in [-0.1, -0.05) is 279 Å². The summed E-state index contributed by atoms with van der Waals surface area (Å²) >= 11 is 0. The minimum atomic E-state index is -4.36. The zero-order chi connectivity index (χ0) is 55.6. The van der Waals surface area contributed by atoms with Crippen molar-refractivity contribution in [1.29, 1.82) is 0 Å². The molecule has 0 aliphatic rings. The first-order valence-corrected chi connectivity index (χ1v) is 33.8. The van der Waals surface area contributed by atoms with Gasteiger partial charge in [0.1, 0.15) is 13.2 Å². The lowest BCUT2D eigenvalue weighted by molar-refractivity contribution is -0.870. The second-order valence-electron chi connectivity index (χ2n) is 23.1. The zero-order valence-corrected chi connectivity index (χ0v) is 51.6. The van der Waals surface area contributed by atoms with Crippen molar-refractivity contribution in [2.24, 2.45) is 0 Å². The van der Waals surface area contributed by atoms with E-state index < -0.39 is 20.0 Å². The quantitative estimate of drug-likeness (QED) is 0.0243. The molecule has 0 spiro atoms. The molecule has 3 atom stereocenters. The minimum Gasteiger partial charge on any atom is -0.387 e. The third-order valence-corrected chi connectivity index (χ3v) is 15.4. The minimum absolute atomic E-state index is 0.0529. The van der Waals surface area contributed by atoms with Crippen LogP contribution >= 0.6 is 7.82 Å². The van der Waals surface area contributed by atoms with E-state index in [1.165, 1.54) is 218 Å². The van der Waals surface area contributed by atoms with Gasteiger partial charge in [0.2, 0.25) is 5.91 Å². The Morgan fingerprint density at radius 3 is 1.14 bits per heavy atom. The molecule has 0 bridgehead atoms. The van der Waals surface area contributed by atoms with Crippen LogP contribution in [0.5, 0.6) is 0 Å². The van der Waals surface area contributed by atoms with Gasteiger partial charge in [0.15, 0.2) is 0 Å². The summed E-state index contributed by atoms with van der Waals surface area (Å²) in [5, 5.41) is 13.9. The molecule has 444 valence electrons. The van der Waals surface area contributed by atoms with Gasteiger partial charge >= 0.3 is 7.82 Å². The summed E-state index contributed by atoms with van der Waals surface area (Å²) in [6, 6.07) is -0.871. The number of carbonyl (C=O) groups is 1. The van der Waals surface area contributed by atoms with E-state index in [1.807, 2.05) is 27.2 Å². The molecule has 0 aromatic heterocycles. The highest BCUT2D eigenvalue weighted by atomic mass is 31.2. The molecule has 9 heteroatoms. The van der Waals surface area contributed by atoms with Crippen LogP contribution in [0.15, 0.2) is 72.9 Å². The van der Waals surface area contributed by atoms with Crippen LogP contribution in [0.2, 0.25) is 0 Å². The lowest BCUT2D eigenvalue weighted by Crippen LogP contribution is -2.45. The van der Waals surface area contributed by atoms with Crippen LogP contribution in [0.3, 0.4) is 0 Å². The standard InChI is InChI=1S/C67H125N2O6P/c1-6-8-10-12-14-16-18-20-22-24-25-26-27-28-29-30-31-32-33-34-35-36-37-38-39-40-41-42-43-45-47-49-51-53-55-57-59-61-67(71)68-65(64-75-76(72,73)74-63-62-69(3,4)5)66(70)60-58-56-54-52-50-48-46-44-23-21-19-17-15-13-11-9-7-2/h18,20,23-25,27-28,44,50,52,58,60,65-66,70H,6-17,19,21-22,26,29-43,45-49,51,53-57,59,61-64H2,1-5H3,(H-,68,71,72,73)/p+1/b20-18-,25-24-,28-27-,44-23+,52-50+,60-58+. The zero-order valence-electron chi connectivity index (χ0n) is 50.7. The van der Waals surface area contributed by atoms with Gasteiger partial charge in [0, 0.05) is 6.42 Å². The van der Waals surface area contributed by atoms with Crippen molar-refractivity contribution in [1.82, 2.24) is 5.32 Å². The molecule has 8 nitrogen and oxygen atoms in total. The fourth-order valence-corrected chi connectivity index (χ4v) is 10.1. The number of phosphoric ester groups is 1. The first-order valence-electron chi connectivity index (χ1n) is 32.3. The van der Waals surface area contributed by atoms with Crippen molar-refractivity contribution in [2.75, 3.05) is 40.9 Å². The third-order valence-electron chi connectivity index (χ3n) is 14.4. The van der Waals surface area contributed by atoms with Crippen LogP contribution in [0.4, 0.5) is 0 Å². The Balaban J connectivity index is 4.01. The van der Waals surface area contributed by atoms with Crippen molar-refractivity contribution in [3.8, 4) is 0 Å². The monoisotopic (exact) mass is 1090 g/mol. The number of allylic oxidation sites excluding steroid dienone is 11. The van der Waals surface area contributed by atoms with E-state index in [9.17, 15) is 19.4 Å². The summed E-state index contributed by atoms with van der Waals surface area (Å²) in [6.45, 7) is 4.79. The second-order valence-corrected chi connectivity index (χ2v) is 24.6. The molecule has 0 aliphatic carbocycles. The first kappa shape index (κ1) is 73.9. The second kappa shape index (κ2) is 57.6. The molecule has 3 N–H and O–H groups in total. The lowest BCUT2D eigenvalue weighted by atomic mass is 10.0. The number of quaternary nitrogens is 1. The summed E-state index contributed by atoms with van der Waals surface area (Å²) in [5.41, 5.74) is 0. The number of aliphatic hydroxyl groups excluding tert-OH is 1. The normalized spacial score (nSPS) is 14.2. The third kappa shape index (κ3) is 59.6. The Morgan fingerprint density at radius 1 is 0.447 bits per heavy atom. The SMILES string of the molecule is CCCCCCC/C=C\C/C=C\C/C=C\CCCCCCCCCCCCCCCCCCCCCCCCC(=O)NC(COP(=O)(O)OCC[N+](C)(C)C)C(O)/C=C/CC/C=C/CC/C=C/CCCCCCCCC. The van der Waals surface area contributed by atoms with E-state index in [0.29, 0.717) is 17.4 Å². The van der Waals surface area contributed by atoms with Crippen molar-refractivity contribution < 1.29 is 32.9 Å². The molecule has 0 fully saturated rings. The highest BCUT2D eigenvalue weighted by molar-refractivity contribution is 7.47. The predicted octanol–water partition coefficient (Wildman–Crippen LogP) is 20.2. The lowest BCUT2D eigenvalue weighted by Gasteiger charge is -2.25. The topological polar surface area (TPSA) is 105 Å². The molecule has 0 rings (SSSR count). The van der Waals surface area contributed by atoms with Crippen molar-refractivity contribution in [2.45, 2.75) is 309 Å². The maximum atomic E-state index is 13.0. The molecule has 0 saturated heterocycles. The van der Waals surface area contributed by atoms with E-state index >= 15 is 0 Å². The molecule has 0 aliphatic heterocycles. The largest absolute Gasteiger partial charge is 0.472 e. The number of hydrogen-bond acceptors (Lipinski definition) is 5. The van der Waals surface area contributed by atoms with Crippen LogP contribution in [-0.4, -0.2) is 73.4 Å². The molecule has 76 heavy (non-hydrogen) atoms. The summed E-state index contributed by atoms with van der Waals surface area (Å²) in [6.07, 6.45) is 80.4. The van der Waals surface area contributed by atoms with E-state index in [1.54, 1.807) is 6.08 Å². The fraction of sp³-hybridized carbons (Fsp3) is 0.806. The molecular weight excluding hydrogens is 960 g/mol. The van der Waals surface area contributed by atoms with Gasteiger partial charge in [-0.15, -0.1) is 0 Å². The number of hydrogen-bond donors (Lipinski definition) is 3. The number of unbranched alkanes of at least 4 members (excludes halogenated alkanes) is 36. The number of carbonyl (C=O) groups excluding carboxylic acids is 1. The molecule has 3 unspecified atom stereocenters. The number of rotatable bonds is 59. The Bertz CT molecular complexity index is 1470. The van der Waals surface area contributed by atoms with Gasteiger partial charge in [-0.05, 0) is 83.5 Å². The van der Waals surface area contributed by atoms with Crippen LogP contribution in [0, 0.1) is 0 Å². The maximum Gasteiger partial charge on any atom is 0.472 e. The number of aliphatic hydroxyl groups is 1. The fourth-order valence-electron chi connectivity index (χ4n) is 9.32. The molecule has 0 aromatic rings. The summed E-state index contributed by atoms with van der Waals surface area (Å²) < 4.78 is 23.7. The van der Waals surface area contributed by atoms with Gasteiger partial charge in [-0.2, -0.15) is 0 Å². The number of nitrogens with zero attached hydrogens (tertiary/aromatic N) is 1. The summed E-state index contributed by atoms with van der Waals surface area (Å²) in [7, 11) is 1.55. The molecule has 0 heterocycles. The van der Waals surface area contributed by atoms with Crippen molar-refractivity contribution >= 4 is 13.7 Å². The molecule has 0 saturated carbocycles. The van der Waals surface area contributed by atoms with Crippen LogP contribution in [0.1, 0.15) is 296 Å². The number of nitrogens with one attached hydrogen (secondary N) is 1. The smallest absolute Gasteiger partial charge is 0.387 e. The Kier molecular flexibility index (Phi) is 56.1. The van der Waals surface area contributed by atoms with Crippen LogP contribution < -0.4 is 5.32 Å². The van der Waals surface area contributed by atoms with E-state index in [-0.39, 0.29) is 19.1 Å².